The van der Waals surface area contributed by atoms with Crippen LogP contribution in [0.4, 0.5) is 13.2 Å². The molecule has 1 aromatic heterocycles. The molecule has 1 aromatic carbocycles. The number of aryl methyl sites for hydroxylation is 1. The molecule has 4 heteroatoms. The van der Waals surface area contributed by atoms with Gasteiger partial charge in [-0.2, -0.15) is 0 Å². The van der Waals surface area contributed by atoms with Crippen LogP contribution in [0, 0.1) is 5.82 Å². The normalized spacial score (nSPS) is 12.3. The van der Waals surface area contributed by atoms with Gasteiger partial charge in [-0.3, -0.25) is 0 Å². The molecule has 0 saturated carbocycles. The summed E-state index contributed by atoms with van der Waals surface area (Å²) in [7, 11) is 0. The third kappa shape index (κ3) is 1.79. The Morgan fingerprint density at radius 2 is 1.94 bits per heavy atom. The molecule has 1 N–H and O–H groups in total. The lowest BCUT2D eigenvalue weighted by Crippen LogP contribution is -2.07. The van der Waals surface area contributed by atoms with Crippen molar-refractivity contribution in [2.24, 2.45) is 0 Å². The van der Waals surface area contributed by atoms with E-state index >= 15 is 0 Å². The van der Waals surface area contributed by atoms with Crippen molar-refractivity contribution >= 4 is 10.9 Å². The van der Waals surface area contributed by atoms with E-state index in [9.17, 15) is 13.2 Å². The number of aromatic nitrogens is 1. The number of nitrogens with one attached hydrogen (secondary N) is 1. The molecule has 2 rings (SSSR count). The zero-order chi connectivity index (χ0) is 11.9. The van der Waals surface area contributed by atoms with Gasteiger partial charge in [-0.1, -0.05) is 6.92 Å². The minimum Gasteiger partial charge on any atom is -0.358 e. The monoisotopic (exact) mass is 227 g/mol. The molecule has 0 saturated heterocycles. The van der Waals surface area contributed by atoms with Gasteiger partial charge in [0, 0.05) is 29.1 Å². The highest BCUT2D eigenvalue weighted by Gasteiger charge is 2.28. The van der Waals surface area contributed by atoms with Gasteiger partial charge in [-0.05, 0) is 24.6 Å². The number of halogens is 3. The van der Waals surface area contributed by atoms with Crippen LogP contribution in [0.15, 0.2) is 18.2 Å². The quantitative estimate of drug-likeness (QED) is 0.798. The van der Waals surface area contributed by atoms with Crippen LogP contribution in [0.2, 0.25) is 0 Å². The van der Waals surface area contributed by atoms with Gasteiger partial charge in [0.05, 0.1) is 0 Å². The van der Waals surface area contributed by atoms with Crippen LogP contribution in [-0.4, -0.2) is 4.98 Å². The molecule has 1 nitrogen and oxygen atoms in total. The summed E-state index contributed by atoms with van der Waals surface area (Å²) >= 11 is 0. The van der Waals surface area contributed by atoms with Gasteiger partial charge in [-0.15, -0.1) is 0 Å². The molecule has 16 heavy (non-hydrogen) atoms. The molecule has 2 aromatic rings. The molecule has 0 amide bonds. The summed E-state index contributed by atoms with van der Waals surface area (Å²) in [6, 6.07) is 3.79. The fourth-order valence-corrected chi connectivity index (χ4v) is 1.81. The van der Waals surface area contributed by atoms with Gasteiger partial charge < -0.3 is 4.98 Å². The molecule has 0 bridgehead atoms. The SMILES string of the molecule is CCc1cc2c(C(C)(F)F)cc(F)cc2[nH]1. The van der Waals surface area contributed by atoms with E-state index in [2.05, 4.69) is 4.98 Å². The number of alkyl halides is 2. The zero-order valence-electron chi connectivity index (χ0n) is 9.07. The first-order chi connectivity index (χ1) is 7.41. The summed E-state index contributed by atoms with van der Waals surface area (Å²) in [6.45, 7) is 2.69. The van der Waals surface area contributed by atoms with E-state index in [1.807, 2.05) is 6.92 Å². The van der Waals surface area contributed by atoms with Crippen molar-refractivity contribution in [3.63, 3.8) is 0 Å². The molecule has 0 fully saturated rings. The summed E-state index contributed by atoms with van der Waals surface area (Å²) in [6.07, 6.45) is 0.699. The summed E-state index contributed by atoms with van der Waals surface area (Å²) in [4.78, 5) is 2.93. The topological polar surface area (TPSA) is 15.8 Å². The number of fused-ring (bicyclic) bond motifs is 1. The van der Waals surface area contributed by atoms with Crippen molar-refractivity contribution in [2.45, 2.75) is 26.2 Å². The maximum absolute atomic E-state index is 13.3. The summed E-state index contributed by atoms with van der Waals surface area (Å²) < 4.78 is 39.8. The standard InChI is InChI=1S/C12H12F3N/c1-3-8-6-9-10(12(2,14)15)4-7(13)5-11(9)16-8/h4-6,16H,3H2,1-2H3. The zero-order valence-corrected chi connectivity index (χ0v) is 9.07. The van der Waals surface area contributed by atoms with Gasteiger partial charge >= 0.3 is 0 Å². The second-order valence-electron chi connectivity index (χ2n) is 3.95. The Hall–Kier alpha value is -1.45. The Morgan fingerprint density at radius 1 is 1.25 bits per heavy atom. The first kappa shape index (κ1) is 11.0. The molecule has 0 atom stereocenters. The maximum Gasteiger partial charge on any atom is 0.271 e. The van der Waals surface area contributed by atoms with Crippen molar-refractivity contribution in [3.05, 3.63) is 35.3 Å². The van der Waals surface area contributed by atoms with Crippen LogP contribution in [0.1, 0.15) is 25.1 Å². The predicted molar refractivity (Wildman–Crippen MR) is 57.2 cm³/mol. The van der Waals surface area contributed by atoms with Crippen LogP contribution < -0.4 is 0 Å². The van der Waals surface area contributed by atoms with Crippen LogP contribution in [0.25, 0.3) is 10.9 Å². The highest BCUT2D eigenvalue weighted by Crippen LogP contribution is 2.34. The van der Waals surface area contributed by atoms with E-state index in [0.717, 1.165) is 18.7 Å². The molecule has 0 aliphatic heterocycles. The lowest BCUT2D eigenvalue weighted by atomic mass is 10.0. The minimum absolute atomic E-state index is 0.265. The van der Waals surface area contributed by atoms with E-state index < -0.39 is 11.7 Å². The van der Waals surface area contributed by atoms with E-state index in [4.69, 9.17) is 0 Å². The van der Waals surface area contributed by atoms with Crippen LogP contribution >= 0.6 is 0 Å². The second kappa shape index (κ2) is 3.54. The van der Waals surface area contributed by atoms with Crippen LogP contribution in [0.3, 0.4) is 0 Å². The largest absolute Gasteiger partial charge is 0.358 e. The third-order valence-corrected chi connectivity index (χ3v) is 2.61. The second-order valence-corrected chi connectivity index (χ2v) is 3.95. The minimum atomic E-state index is -3.03. The molecule has 0 radical (unpaired) electrons. The van der Waals surface area contributed by atoms with Crippen molar-refractivity contribution in [1.82, 2.24) is 4.98 Å². The Kier molecular flexibility index (Phi) is 2.45. The average molecular weight is 227 g/mol. The highest BCUT2D eigenvalue weighted by molar-refractivity contribution is 5.84. The fourth-order valence-electron chi connectivity index (χ4n) is 1.81. The highest BCUT2D eigenvalue weighted by atomic mass is 19.3. The molecular formula is C12H12F3N. The van der Waals surface area contributed by atoms with Crippen molar-refractivity contribution < 1.29 is 13.2 Å². The Labute approximate surface area is 91.3 Å². The molecule has 0 aliphatic rings. The number of hydrogen-bond donors (Lipinski definition) is 1. The lowest BCUT2D eigenvalue weighted by Gasteiger charge is -2.11. The molecule has 0 unspecified atom stereocenters. The predicted octanol–water partition coefficient (Wildman–Crippen LogP) is 3.98. The van der Waals surface area contributed by atoms with E-state index in [1.165, 1.54) is 6.07 Å². The molecule has 1 heterocycles. The number of hydrogen-bond acceptors (Lipinski definition) is 0. The van der Waals surface area contributed by atoms with Crippen molar-refractivity contribution in [1.29, 1.82) is 0 Å². The molecule has 0 spiro atoms. The molecular weight excluding hydrogens is 215 g/mol. The maximum atomic E-state index is 13.3. The smallest absolute Gasteiger partial charge is 0.271 e. The van der Waals surface area contributed by atoms with Gasteiger partial charge in [0.25, 0.3) is 5.92 Å². The third-order valence-electron chi connectivity index (χ3n) is 2.61. The Bertz CT molecular complexity index is 523. The number of H-pyrrole nitrogens is 1. The number of benzene rings is 1. The van der Waals surface area contributed by atoms with Crippen molar-refractivity contribution in [2.75, 3.05) is 0 Å². The first-order valence-corrected chi connectivity index (χ1v) is 5.11. The lowest BCUT2D eigenvalue weighted by molar-refractivity contribution is 0.0188. The molecule has 0 aliphatic carbocycles. The average Bonchev–Trinajstić information content (AvgIpc) is 2.57. The number of rotatable bonds is 2. The van der Waals surface area contributed by atoms with Crippen molar-refractivity contribution in [3.8, 4) is 0 Å². The summed E-state index contributed by atoms with van der Waals surface area (Å²) in [5.74, 6) is -3.68. The summed E-state index contributed by atoms with van der Waals surface area (Å²) in [5, 5.41) is 0.394. The Balaban J connectivity index is 2.76. The summed E-state index contributed by atoms with van der Waals surface area (Å²) in [5.41, 5.74) is 0.984. The van der Waals surface area contributed by atoms with Gasteiger partial charge in [-0.25, -0.2) is 13.2 Å². The van der Waals surface area contributed by atoms with Gasteiger partial charge in [0.1, 0.15) is 5.82 Å². The van der Waals surface area contributed by atoms with Crippen LogP contribution in [-0.2, 0) is 12.3 Å². The van der Waals surface area contributed by atoms with Crippen LogP contribution in [0.5, 0.6) is 0 Å². The first-order valence-electron chi connectivity index (χ1n) is 5.11. The molecule has 86 valence electrons. The van der Waals surface area contributed by atoms with E-state index in [0.29, 0.717) is 17.3 Å². The Morgan fingerprint density at radius 3 is 2.50 bits per heavy atom. The van der Waals surface area contributed by atoms with Gasteiger partial charge in [0.15, 0.2) is 0 Å². The fraction of sp³-hybridized carbons (Fsp3) is 0.333. The van der Waals surface area contributed by atoms with Gasteiger partial charge in [0.2, 0.25) is 0 Å². The number of aromatic amines is 1. The van der Waals surface area contributed by atoms with E-state index in [1.54, 1.807) is 6.07 Å². The van der Waals surface area contributed by atoms with E-state index in [-0.39, 0.29) is 5.56 Å².